The summed E-state index contributed by atoms with van der Waals surface area (Å²) in [6.07, 6.45) is -3.52. The molecule has 4 atom stereocenters. The number of aromatic amines is 1. The van der Waals surface area contributed by atoms with Gasteiger partial charge in [-0.3, -0.25) is 14.3 Å². The zero-order valence-corrected chi connectivity index (χ0v) is 16.3. The lowest BCUT2D eigenvalue weighted by Gasteiger charge is -2.18. The number of anilines is 2. The number of nitrogen functional groups attached to an aromatic ring is 1. The van der Waals surface area contributed by atoms with Crippen LogP contribution in [0.1, 0.15) is 11.8 Å². The number of aliphatic hydroxyl groups is 3. The van der Waals surface area contributed by atoms with Crippen molar-refractivity contribution >= 4 is 29.3 Å². The number of methoxy groups -OCH3 is 1. The van der Waals surface area contributed by atoms with Crippen LogP contribution in [0.2, 0.25) is 0 Å². The second-order valence-electron chi connectivity index (χ2n) is 6.80. The Morgan fingerprint density at radius 2 is 2.06 bits per heavy atom. The van der Waals surface area contributed by atoms with E-state index in [1.165, 1.54) is 10.8 Å². The summed E-state index contributed by atoms with van der Waals surface area (Å²) in [5.74, 6) is 0.538. The van der Waals surface area contributed by atoms with E-state index in [0.717, 1.165) is 5.56 Å². The number of aromatic nitrogens is 4. The fourth-order valence-electron chi connectivity index (χ4n) is 3.27. The summed E-state index contributed by atoms with van der Waals surface area (Å²) in [4.78, 5) is 22.9. The van der Waals surface area contributed by atoms with Gasteiger partial charge >= 0.3 is 0 Å². The number of nitrogens with one attached hydrogen (secondary N) is 2. The molecule has 0 saturated carbocycles. The van der Waals surface area contributed by atoms with Crippen LogP contribution in [-0.2, 0) is 4.74 Å². The van der Waals surface area contributed by atoms with E-state index in [-0.39, 0.29) is 23.1 Å². The highest BCUT2D eigenvalue weighted by molar-refractivity contribution is 5.81. The fourth-order valence-corrected chi connectivity index (χ4v) is 3.27. The molecule has 7 N–H and O–H groups in total. The molecular weight excluding hydrogens is 410 g/mol. The number of benzene rings is 1. The predicted molar refractivity (Wildman–Crippen MR) is 110 cm³/mol. The molecule has 2 aromatic heterocycles. The summed E-state index contributed by atoms with van der Waals surface area (Å²) >= 11 is 0. The average Bonchev–Trinajstić information content (AvgIpc) is 3.25. The van der Waals surface area contributed by atoms with Gasteiger partial charge in [0, 0.05) is 0 Å². The second kappa shape index (κ2) is 8.31. The highest BCUT2D eigenvalue weighted by Gasteiger charge is 2.45. The number of imidazole rings is 1. The summed E-state index contributed by atoms with van der Waals surface area (Å²) in [5, 5.41) is 34.1. The maximum atomic E-state index is 12.3. The predicted octanol–water partition coefficient (Wildman–Crippen LogP) is -1.23. The van der Waals surface area contributed by atoms with Gasteiger partial charge in [0.25, 0.3) is 5.56 Å². The summed E-state index contributed by atoms with van der Waals surface area (Å²) < 4.78 is 11.9. The van der Waals surface area contributed by atoms with E-state index in [9.17, 15) is 20.1 Å². The van der Waals surface area contributed by atoms with Crippen LogP contribution >= 0.6 is 0 Å². The molecule has 31 heavy (non-hydrogen) atoms. The molecule has 164 valence electrons. The van der Waals surface area contributed by atoms with Crippen molar-refractivity contribution in [2.24, 2.45) is 5.10 Å². The lowest BCUT2D eigenvalue weighted by molar-refractivity contribution is -0.0501. The largest absolute Gasteiger partial charge is 0.497 e. The molecule has 0 radical (unpaired) electrons. The molecule has 0 aliphatic carbocycles. The van der Waals surface area contributed by atoms with E-state index >= 15 is 0 Å². The summed E-state index contributed by atoms with van der Waals surface area (Å²) in [5.41, 5.74) is 8.44. The minimum Gasteiger partial charge on any atom is -0.497 e. The van der Waals surface area contributed by atoms with Gasteiger partial charge in [0.15, 0.2) is 17.4 Å². The zero-order valence-electron chi connectivity index (χ0n) is 16.3. The zero-order chi connectivity index (χ0) is 22.1. The van der Waals surface area contributed by atoms with Crippen molar-refractivity contribution in [3.63, 3.8) is 0 Å². The van der Waals surface area contributed by atoms with E-state index in [1.54, 1.807) is 31.4 Å². The number of nitrogens with zero attached hydrogens (tertiary/aromatic N) is 4. The monoisotopic (exact) mass is 431 g/mol. The molecule has 1 aliphatic heterocycles. The molecule has 1 aromatic carbocycles. The van der Waals surface area contributed by atoms with Gasteiger partial charge < -0.3 is 30.5 Å². The van der Waals surface area contributed by atoms with Crippen molar-refractivity contribution in [3.8, 4) is 5.75 Å². The maximum absolute atomic E-state index is 12.3. The number of hydrazone groups is 1. The number of hydrogen-bond acceptors (Lipinski definition) is 11. The van der Waals surface area contributed by atoms with Gasteiger partial charge in [0.1, 0.15) is 24.1 Å². The lowest BCUT2D eigenvalue weighted by Crippen LogP contribution is -2.33. The molecule has 0 bridgehead atoms. The third-order valence-electron chi connectivity index (χ3n) is 4.83. The minimum atomic E-state index is -1.43. The molecule has 0 amide bonds. The van der Waals surface area contributed by atoms with E-state index < -0.39 is 36.7 Å². The molecule has 1 fully saturated rings. The Labute approximate surface area is 174 Å². The molecule has 13 nitrogen and oxygen atoms in total. The number of ether oxygens (including phenoxy) is 2. The molecule has 3 aromatic rings. The van der Waals surface area contributed by atoms with Gasteiger partial charge in [-0.15, -0.1) is 0 Å². The van der Waals surface area contributed by atoms with Crippen LogP contribution in [0.4, 0.5) is 11.9 Å². The Hall–Kier alpha value is -3.52. The molecule has 4 rings (SSSR count). The van der Waals surface area contributed by atoms with Crippen molar-refractivity contribution in [2.45, 2.75) is 24.5 Å². The molecule has 1 saturated heterocycles. The Morgan fingerprint density at radius 3 is 2.71 bits per heavy atom. The van der Waals surface area contributed by atoms with Crippen molar-refractivity contribution in [1.82, 2.24) is 19.5 Å². The first-order valence-corrected chi connectivity index (χ1v) is 9.26. The van der Waals surface area contributed by atoms with Gasteiger partial charge in [0.2, 0.25) is 11.9 Å². The number of hydrogen-bond donors (Lipinski definition) is 6. The first-order chi connectivity index (χ1) is 14.9. The van der Waals surface area contributed by atoms with Crippen LogP contribution in [0.5, 0.6) is 5.75 Å². The van der Waals surface area contributed by atoms with Crippen molar-refractivity contribution in [3.05, 3.63) is 40.2 Å². The Morgan fingerprint density at radius 1 is 1.32 bits per heavy atom. The van der Waals surface area contributed by atoms with Crippen LogP contribution in [0.25, 0.3) is 11.2 Å². The van der Waals surface area contributed by atoms with E-state index in [4.69, 9.17) is 15.2 Å². The minimum absolute atomic E-state index is 0.0122. The van der Waals surface area contributed by atoms with Crippen LogP contribution in [0.15, 0.2) is 34.2 Å². The summed E-state index contributed by atoms with van der Waals surface area (Å²) in [7, 11) is 1.56. The van der Waals surface area contributed by atoms with Crippen molar-refractivity contribution < 1.29 is 24.8 Å². The van der Waals surface area contributed by atoms with Gasteiger partial charge in [-0.25, -0.2) is 10.4 Å². The highest BCUT2D eigenvalue weighted by atomic mass is 16.6. The number of aliphatic hydroxyl groups excluding tert-OH is 3. The van der Waals surface area contributed by atoms with Crippen LogP contribution in [0.3, 0.4) is 0 Å². The lowest BCUT2D eigenvalue weighted by atomic mass is 10.1. The molecule has 1 aliphatic rings. The smallest absolute Gasteiger partial charge is 0.280 e. The Kier molecular flexibility index (Phi) is 5.56. The second-order valence-corrected chi connectivity index (χ2v) is 6.80. The van der Waals surface area contributed by atoms with Gasteiger partial charge in [-0.2, -0.15) is 10.1 Å². The van der Waals surface area contributed by atoms with E-state index in [1.807, 2.05) is 0 Å². The van der Waals surface area contributed by atoms with Gasteiger partial charge in [0.05, 0.1) is 19.9 Å². The fraction of sp³-hybridized carbons (Fsp3) is 0.333. The Bertz CT molecular complexity index is 1160. The SMILES string of the molecule is COc1ccc(C=NNc2nc3c(=O)[nH]c(N)nc3n2C2OC(CO)C(O)C2O)cc1. The third kappa shape index (κ3) is 3.82. The highest BCUT2D eigenvalue weighted by Crippen LogP contribution is 2.33. The van der Waals surface area contributed by atoms with Crippen molar-refractivity contribution in [2.75, 3.05) is 24.9 Å². The van der Waals surface area contributed by atoms with Crippen LogP contribution in [0, 0.1) is 0 Å². The van der Waals surface area contributed by atoms with Gasteiger partial charge in [-0.05, 0) is 29.8 Å². The number of rotatable bonds is 6. The first kappa shape index (κ1) is 20.7. The first-order valence-electron chi connectivity index (χ1n) is 9.26. The van der Waals surface area contributed by atoms with Gasteiger partial charge in [-0.1, -0.05) is 0 Å². The Balaban J connectivity index is 1.72. The van der Waals surface area contributed by atoms with Crippen molar-refractivity contribution in [1.29, 1.82) is 0 Å². The molecule has 3 heterocycles. The third-order valence-corrected chi connectivity index (χ3v) is 4.83. The molecule has 13 heteroatoms. The molecule has 0 spiro atoms. The summed E-state index contributed by atoms with van der Waals surface area (Å²) in [6, 6.07) is 7.10. The van der Waals surface area contributed by atoms with E-state index in [2.05, 4.69) is 25.5 Å². The van der Waals surface area contributed by atoms with E-state index in [0.29, 0.717) is 5.75 Å². The number of H-pyrrole nitrogens is 1. The summed E-state index contributed by atoms with van der Waals surface area (Å²) in [6.45, 7) is -0.518. The molecule has 4 unspecified atom stereocenters. The quantitative estimate of drug-likeness (QED) is 0.203. The number of nitrogens with two attached hydrogens (primary N) is 1. The normalized spacial score (nSPS) is 23.6. The topological polar surface area (TPSA) is 193 Å². The maximum Gasteiger partial charge on any atom is 0.280 e. The van der Waals surface area contributed by atoms with Crippen LogP contribution < -0.4 is 21.5 Å². The number of fused-ring (bicyclic) bond motifs is 1. The molecular formula is C18H21N7O6. The average molecular weight is 431 g/mol. The van der Waals surface area contributed by atoms with Crippen LogP contribution in [-0.4, -0.2) is 73.1 Å². The standard InChI is InChI=1S/C18H21N7O6/c1-30-9-4-2-8(3-5-9)6-20-24-18-21-11-14(22-17(19)23-15(11)29)25(18)16-13(28)12(27)10(7-26)31-16/h2-6,10,12-13,16,26-28H,7H2,1H3,(H,21,24)(H3,19,22,23,29).